The quantitative estimate of drug-likeness (QED) is 0.165. The number of hydrogen-bond donors (Lipinski definition) is 0. The Morgan fingerprint density at radius 2 is 0.871 bits per heavy atom. The van der Waals surface area contributed by atoms with E-state index in [0.29, 0.717) is 0 Å². The van der Waals surface area contributed by atoms with E-state index in [1.807, 2.05) is 30.3 Å². The fourth-order valence-electron chi connectivity index (χ4n) is 8.66. The Hall–Kier alpha value is -6.91. The molecule has 5 aromatic heterocycles. The molecule has 62 heavy (non-hydrogen) atoms. The molecule has 9 heteroatoms. The summed E-state index contributed by atoms with van der Waals surface area (Å²) in [5.74, 6) is 0. The van der Waals surface area contributed by atoms with Gasteiger partial charge in [0.1, 0.15) is 20.7 Å². The normalized spacial score (nSPS) is 11.8. The van der Waals surface area contributed by atoms with E-state index < -0.39 is 0 Å². The first-order valence-corrected chi connectivity index (χ1v) is 22.5. The Labute approximate surface area is 371 Å². The third-order valence-electron chi connectivity index (χ3n) is 11.5. The fourth-order valence-corrected chi connectivity index (χ4v) is 11.1. The Bertz CT molecular complexity index is 3760. The lowest BCUT2D eigenvalue weighted by Crippen LogP contribution is -1.95. The molecule has 0 spiro atoms. The van der Waals surface area contributed by atoms with E-state index in [1.54, 1.807) is 22.7 Å². The van der Waals surface area contributed by atoms with Crippen molar-refractivity contribution in [3.63, 3.8) is 0 Å². The number of hydrogen-bond acceptors (Lipinski definition) is 6. The zero-order valence-corrected chi connectivity index (χ0v) is 36.1. The van der Waals surface area contributed by atoms with Crippen LogP contribution in [0.25, 0.3) is 102 Å². The fraction of sp³-hybridized carbons (Fsp3) is 0.0189. The molecule has 13 aromatic rings. The molecule has 0 N–H and O–H groups in total. The maximum atomic E-state index is 4.99. The lowest BCUT2D eigenvalue weighted by atomic mass is 10.1. The molecule has 5 heterocycles. The van der Waals surface area contributed by atoms with Gasteiger partial charge in [-0.2, -0.15) is 0 Å². The molecule has 0 saturated carbocycles. The number of rotatable bonds is 1. The van der Waals surface area contributed by atoms with Crippen LogP contribution in [0, 0.1) is 0 Å². The predicted octanol–water partition coefficient (Wildman–Crippen LogP) is 15.3. The first-order chi connectivity index (χ1) is 30.1. The van der Waals surface area contributed by atoms with Gasteiger partial charge in [0.25, 0.3) is 0 Å². The monoisotopic (exact) mass is 901 g/mol. The van der Waals surface area contributed by atoms with Gasteiger partial charge in [-0.25, -0.2) is 19.9 Å². The summed E-state index contributed by atoms with van der Waals surface area (Å²) in [5.41, 5.74) is 15.0. The van der Waals surface area contributed by atoms with E-state index in [0.717, 1.165) is 59.3 Å². The molecular formula is C53H33BrFN5S2. The van der Waals surface area contributed by atoms with Crippen LogP contribution in [-0.2, 0) is 6.42 Å². The van der Waals surface area contributed by atoms with Crippen molar-refractivity contribution in [1.82, 2.24) is 24.5 Å². The van der Waals surface area contributed by atoms with Crippen molar-refractivity contribution in [2.45, 2.75) is 6.42 Å². The molecule has 0 saturated heterocycles. The van der Waals surface area contributed by atoms with Gasteiger partial charge in [0.05, 0.1) is 33.1 Å². The molecule has 1 aliphatic rings. The van der Waals surface area contributed by atoms with E-state index >= 15 is 0 Å². The summed E-state index contributed by atoms with van der Waals surface area (Å²) in [5, 5.41) is 4.90. The summed E-state index contributed by atoms with van der Waals surface area (Å²) in [7, 11) is 0. The zero-order valence-electron chi connectivity index (χ0n) is 32.9. The second-order valence-corrected chi connectivity index (χ2v) is 18.1. The summed E-state index contributed by atoms with van der Waals surface area (Å²) < 4.78 is 5.82. The molecule has 0 unspecified atom stereocenters. The molecule has 0 radical (unpaired) electrons. The lowest BCUT2D eigenvalue weighted by molar-refractivity contribution is 1.11. The molecule has 296 valence electrons. The number of benzene rings is 8. The second-order valence-electron chi connectivity index (χ2n) is 15.1. The highest BCUT2D eigenvalue weighted by Crippen LogP contribution is 2.37. The Morgan fingerprint density at radius 1 is 0.419 bits per heavy atom. The van der Waals surface area contributed by atoms with Crippen LogP contribution in [-0.4, -0.2) is 24.5 Å². The number of para-hydroxylation sites is 2. The van der Waals surface area contributed by atoms with Crippen LogP contribution in [0.4, 0.5) is 4.70 Å². The number of thiophene rings is 2. The topological polar surface area (TPSA) is 56.5 Å². The average molecular weight is 903 g/mol. The number of halogens is 2. The Kier molecular flexibility index (Phi) is 9.53. The van der Waals surface area contributed by atoms with Crippen molar-refractivity contribution in [3.05, 3.63) is 198 Å². The van der Waals surface area contributed by atoms with E-state index in [9.17, 15) is 0 Å². The maximum absolute atomic E-state index is 4.99. The molecule has 0 atom stereocenters. The highest BCUT2D eigenvalue weighted by Gasteiger charge is 2.17. The van der Waals surface area contributed by atoms with Gasteiger partial charge < -0.3 is 4.57 Å². The van der Waals surface area contributed by atoms with E-state index in [-0.39, 0.29) is 4.70 Å². The standard InChI is InChI=1S/C26H15N3S.C14H7BrN2S.C13H10.FH/c1-4-10-22-17(7-1)18-8-2-5-11-23(18)29(22)16-13-14-20-21(15-16)28-26-25(27-20)19-9-3-6-12-24(19)30-26;15-8-5-6-10-11(7-8)17-14-13(16-10)9-3-1-2-4-12(9)18-14;1-3-7-12-10(5-1)9-11-6-2-4-8-13(11)12;/h1-15H;1-7H;1-8H,9H2;1H. The Morgan fingerprint density at radius 3 is 1.44 bits per heavy atom. The Balaban J connectivity index is 0.000000115. The number of fused-ring (bicyclic) bond motifs is 14. The van der Waals surface area contributed by atoms with Crippen LogP contribution in [0.3, 0.4) is 0 Å². The van der Waals surface area contributed by atoms with Crippen molar-refractivity contribution in [2.24, 2.45) is 0 Å². The first-order valence-electron chi connectivity index (χ1n) is 20.1. The van der Waals surface area contributed by atoms with Crippen LogP contribution in [0.1, 0.15) is 11.1 Å². The van der Waals surface area contributed by atoms with Crippen LogP contribution >= 0.6 is 38.6 Å². The number of aromatic nitrogens is 5. The van der Waals surface area contributed by atoms with Crippen molar-refractivity contribution < 1.29 is 4.70 Å². The highest BCUT2D eigenvalue weighted by atomic mass is 79.9. The third kappa shape index (κ3) is 6.48. The van der Waals surface area contributed by atoms with E-state index in [1.165, 1.54) is 64.2 Å². The van der Waals surface area contributed by atoms with Gasteiger partial charge in [-0.3, -0.25) is 4.70 Å². The average Bonchev–Trinajstić information content (AvgIpc) is 4.06. The maximum Gasteiger partial charge on any atom is 0.143 e. The van der Waals surface area contributed by atoms with Gasteiger partial charge in [0.2, 0.25) is 0 Å². The first kappa shape index (κ1) is 38.0. The highest BCUT2D eigenvalue weighted by molar-refractivity contribution is 9.10. The lowest BCUT2D eigenvalue weighted by Gasteiger charge is -2.08. The summed E-state index contributed by atoms with van der Waals surface area (Å²) >= 11 is 6.86. The summed E-state index contributed by atoms with van der Waals surface area (Å²) in [4.78, 5) is 21.4. The molecule has 0 fully saturated rings. The van der Waals surface area contributed by atoms with Crippen LogP contribution in [0.2, 0.25) is 0 Å². The van der Waals surface area contributed by atoms with Crippen molar-refractivity contribution in [2.75, 3.05) is 0 Å². The minimum Gasteiger partial charge on any atom is -0.309 e. The minimum absolute atomic E-state index is 0. The van der Waals surface area contributed by atoms with Crippen LogP contribution < -0.4 is 0 Å². The molecule has 0 bridgehead atoms. The predicted molar refractivity (Wildman–Crippen MR) is 264 cm³/mol. The largest absolute Gasteiger partial charge is 0.309 e. The van der Waals surface area contributed by atoms with Crippen LogP contribution in [0.15, 0.2) is 186 Å². The van der Waals surface area contributed by atoms with Gasteiger partial charge in [-0.15, -0.1) is 22.7 Å². The molecule has 0 amide bonds. The summed E-state index contributed by atoms with van der Waals surface area (Å²) in [6.45, 7) is 0. The summed E-state index contributed by atoms with van der Waals surface area (Å²) in [6, 6.07) is 63.5. The van der Waals surface area contributed by atoms with Gasteiger partial charge in [0.15, 0.2) is 0 Å². The van der Waals surface area contributed by atoms with Gasteiger partial charge in [-0.1, -0.05) is 137 Å². The second kappa shape index (κ2) is 15.5. The molecule has 1 aliphatic carbocycles. The van der Waals surface area contributed by atoms with Gasteiger partial charge >= 0.3 is 0 Å². The molecule has 8 aromatic carbocycles. The van der Waals surface area contributed by atoms with E-state index in [2.05, 4.69) is 172 Å². The van der Waals surface area contributed by atoms with Crippen molar-refractivity contribution in [3.8, 4) is 16.8 Å². The SMILES string of the molecule is Brc1ccc2nc3c(nc2c1)sc1ccccc13.F.c1ccc2c(c1)Cc1ccccc1-2.c1ccc2c(c1)sc1nc3cc(-n4c5ccccc5c5ccccc54)ccc3nc12. The van der Waals surface area contributed by atoms with Gasteiger partial charge in [0, 0.05) is 41.1 Å². The molecule has 14 rings (SSSR count). The minimum atomic E-state index is 0. The molecular weight excluding hydrogens is 870 g/mol. The summed E-state index contributed by atoms with van der Waals surface area (Å²) in [6.07, 6.45) is 1.10. The van der Waals surface area contributed by atoms with Gasteiger partial charge in [-0.05, 0) is 89.3 Å². The zero-order chi connectivity index (χ0) is 40.4. The molecule has 0 aliphatic heterocycles. The van der Waals surface area contributed by atoms with Crippen molar-refractivity contribution >= 4 is 123 Å². The molecule has 5 nitrogen and oxygen atoms in total. The van der Waals surface area contributed by atoms with Crippen LogP contribution in [0.5, 0.6) is 0 Å². The van der Waals surface area contributed by atoms with E-state index in [4.69, 9.17) is 19.9 Å². The smallest absolute Gasteiger partial charge is 0.143 e. The number of nitrogens with zero attached hydrogens (tertiary/aromatic N) is 5. The van der Waals surface area contributed by atoms with Crippen molar-refractivity contribution in [1.29, 1.82) is 0 Å². The third-order valence-corrected chi connectivity index (χ3v) is 14.1.